The Morgan fingerprint density at radius 3 is 3.05 bits per heavy atom. The molecule has 2 atom stereocenters. The fourth-order valence-electron chi connectivity index (χ4n) is 2.12. The molecule has 0 saturated carbocycles. The zero-order valence-corrected chi connectivity index (χ0v) is 13.0. The Balaban J connectivity index is 2.12. The van der Waals surface area contributed by atoms with E-state index in [1.807, 2.05) is 18.4 Å². The van der Waals surface area contributed by atoms with Crippen LogP contribution in [0.3, 0.4) is 0 Å². The van der Waals surface area contributed by atoms with Gasteiger partial charge >= 0.3 is 0 Å². The molecule has 0 aliphatic carbocycles. The van der Waals surface area contributed by atoms with Gasteiger partial charge in [-0.2, -0.15) is 0 Å². The van der Waals surface area contributed by atoms with Gasteiger partial charge in [0, 0.05) is 4.88 Å². The zero-order valence-electron chi connectivity index (χ0n) is 11.4. The van der Waals surface area contributed by atoms with Crippen molar-refractivity contribution < 1.29 is 14.3 Å². The lowest BCUT2D eigenvalue weighted by molar-refractivity contribution is -0.142. The first-order valence-electron chi connectivity index (χ1n) is 6.47. The van der Waals surface area contributed by atoms with Crippen LogP contribution in [0.15, 0.2) is 24.1 Å². The number of ether oxygens (including phenoxy) is 2. The summed E-state index contributed by atoms with van der Waals surface area (Å²) in [7, 11) is 0. The normalized spacial score (nSPS) is 20.4. The van der Waals surface area contributed by atoms with Crippen molar-refractivity contribution in [3.63, 3.8) is 0 Å². The molecule has 0 bridgehead atoms. The van der Waals surface area contributed by atoms with E-state index in [4.69, 9.17) is 21.1 Å². The SMILES string of the molecule is C=CC(=O)N(Cc1sccc1Cl)C(C)C1COCCO1. The van der Waals surface area contributed by atoms with E-state index in [2.05, 4.69) is 6.58 Å². The Kier molecular flexibility index (Phi) is 5.60. The molecule has 4 nitrogen and oxygen atoms in total. The van der Waals surface area contributed by atoms with Crippen molar-refractivity contribution in [2.75, 3.05) is 19.8 Å². The van der Waals surface area contributed by atoms with Gasteiger partial charge in [0.15, 0.2) is 0 Å². The molecule has 2 unspecified atom stereocenters. The second kappa shape index (κ2) is 7.22. The number of rotatable bonds is 5. The van der Waals surface area contributed by atoms with Crippen LogP contribution in [0.2, 0.25) is 5.02 Å². The Hall–Kier alpha value is -0.880. The molecular weight excluding hydrogens is 298 g/mol. The van der Waals surface area contributed by atoms with Crippen LogP contribution in [0, 0.1) is 0 Å². The largest absolute Gasteiger partial charge is 0.376 e. The average Bonchev–Trinajstić information content (AvgIpc) is 2.89. The monoisotopic (exact) mass is 315 g/mol. The highest BCUT2D eigenvalue weighted by Gasteiger charge is 2.29. The third-order valence-corrected chi connectivity index (χ3v) is 4.71. The summed E-state index contributed by atoms with van der Waals surface area (Å²) in [5, 5.41) is 2.60. The van der Waals surface area contributed by atoms with Crippen LogP contribution in [-0.2, 0) is 20.8 Å². The molecule has 0 spiro atoms. The van der Waals surface area contributed by atoms with Crippen molar-refractivity contribution in [2.24, 2.45) is 0 Å². The van der Waals surface area contributed by atoms with Crippen LogP contribution in [-0.4, -0.2) is 42.8 Å². The molecule has 0 aromatic carbocycles. The van der Waals surface area contributed by atoms with Gasteiger partial charge in [-0.15, -0.1) is 11.3 Å². The lowest BCUT2D eigenvalue weighted by atomic mass is 10.1. The van der Waals surface area contributed by atoms with Crippen LogP contribution >= 0.6 is 22.9 Å². The summed E-state index contributed by atoms with van der Waals surface area (Å²) in [4.78, 5) is 14.8. The van der Waals surface area contributed by atoms with E-state index in [0.29, 0.717) is 31.4 Å². The lowest BCUT2D eigenvalue weighted by Crippen LogP contribution is -2.48. The molecule has 2 rings (SSSR count). The Labute approximate surface area is 127 Å². The zero-order chi connectivity index (χ0) is 14.5. The Morgan fingerprint density at radius 2 is 2.50 bits per heavy atom. The standard InChI is InChI=1S/C14H18ClNO3S/c1-3-14(17)16(8-13-11(15)4-7-20-13)10(2)12-9-18-5-6-19-12/h3-4,7,10,12H,1,5-6,8-9H2,2H3. The number of thiophene rings is 1. The maximum Gasteiger partial charge on any atom is 0.246 e. The summed E-state index contributed by atoms with van der Waals surface area (Å²) < 4.78 is 11.1. The molecule has 2 heterocycles. The van der Waals surface area contributed by atoms with E-state index in [-0.39, 0.29) is 18.1 Å². The summed E-state index contributed by atoms with van der Waals surface area (Å²) in [6, 6.07) is 1.74. The predicted molar refractivity (Wildman–Crippen MR) is 80.1 cm³/mol. The van der Waals surface area contributed by atoms with Crippen molar-refractivity contribution in [1.29, 1.82) is 0 Å². The van der Waals surface area contributed by atoms with Gasteiger partial charge in [0.2, 0.25) is 5.91 Å². The van der Waals surface area contributed by atoms with E-state index in [1.54, 1.807) is 4.90 Å². The topological polar surface area (TPSA) is 38.8 Å². The highest BCUT2D eigenvalue weighted by atomic mass is 35.5. The summed E-state index contributed by atoms with van der Waals surface area (Å²) in [5.74, 6) is -0.129. The Morgan fingerprint density at radius 1 is 1.70 bits per heavy atom. The second-order valence-electron chi connectivity index (χ2n) is 4.59. The van der Waals surface area contributed by atoms with E-state index in [0.717, 1.165) is 4.88 Å². The van der Waals surface area contributed by atoms with Gasteiger partial charge in [0.1, 0.15) is 6.10 Å². The van der Waals surface area contributed by atoms with Crippen molar-refractivity contribution >= 4 is 28.8 Å². The van der Waals surface area contributed by atoms with Gasteiger partial charge in [-0.3, -0.25) is 4.79 Å². The fraction of sp³-hybridized carbons (Fsp3) is 0.500. The van der Waals surface area contributed by atoms with Gasteiger partial charge in [-0.25, -0.2) is 0 Å². The molecule has 0 N–H and O–H groups in total. The predicted octanol–water partition coefficient (Wildman–Crippen LogP) is 2.72. The first-order chi connectivity index (χ1) is 9.63. The summed E-state index contributed by atoms with van der Waals surface area (Å²) in [5.41, 5.74) is 0. The molecule has 1 aromatic heterocycles. The number of hydrogen-bond acceptors (Lipinski definition) is 4. The Bertz CT molecular complexity index is 471. The minimum Gasteiger partial charge on any atom is -0.376 e. The summed E-state index contributed by atoms with van der Waals surface area (Å²) in [6.07, 6.45) is 1.20. The smallest absolute Gasteiger partial charge is 0.246 e. The maximum absolute atomic E-state index is 12.1. The van der Waals surface area contributed by atoms with E-state index in [9.17, 15) is 4.79 Å². The second-order valence-corrected chi connectivity index (χ2v) is 5.99. The number of carbonyl (C=O) groups excluding carboxylic acids is 1. The molecular formula is C14H18ClNO3S. The number of hydrogen-bond donors (Lipinski definition) is 0. The van der Waals surface area contributed by atoms with Crippen LogP contribution in [0.4, 0.5) is 0 Å². The van der Waals surface area contributed by atoms with E-state index >= 15 is 0 Å². The number of nitrogens with zero attached hydrogens (tertiary/aromatic N) is 1. The third-order valence-electron chi connectivity index (χ3n) is 3.33. The van der Waals surface area contributed by atoms with E-state index in [1.165, 1.54) is 17.4 Å². The molecule has 20 heavy (non-hydrogen) atoms. The number of amides is 1. The average molecular weight is 316 g/mol. The fourth-order valence-corrected chi connectivity index (χ4v) is 3.21. The van der Waals surface area contributed by atoms with Crippen molar-refractivity contribution in [2.45, 2.75) is 25.6 Å². The van der Waals surface area contributed by atoms with Gasteiger partial charge in [0.05, 0.1) is 37.4 Å². The number of carbonyl (C=O) groups is 1. The molecule has 110 valence electrons. The maximum atomic E-state index is 12.1. The van der Waals surface area contributed by atoms with Gasteiger partial charge < -0.3 is 14.4 Å². The summed E-state index contributed by atoms with van der Waals surface area (Å²) >= 11 is 7.65. The van der Waals surface area contributed by atoms with Crippen LogP contribution in [0.5, 0.6) is 0 Å². The third kappa shape index (κ3) is 3.61. The minimum atomic E-state index is -0.129. The van der Waals surface area contributed by atoms with Crippen molar-refractivity contribution in [3.05, 3.63) is 34.0 Å². The molecule has 1 amide bonds. The molecule has 1 saturated heterocycles. The summed E-state index contributed by atoms with van der Waals surface area (Å²) in [6.45, 7) is 7.66. The van der Waals surface area contributed by atoms with Crippen molar-refractivity contribution in [1.82, 2.24) is 4.90 Å². The molecule has 6 heteroatoms. The van der Waals surface area contributed by atoms with Gasteiger partial charge in [-0.05, 0) is 24.4 Å². The van der Waals surface area contributed by atoms with Crippen LogP contribution in [0.25, 0.3) is 0 Å². The minimum absolute atomic E-state index is 0.0982. The number of halogens is 1. The molecule has 1 aliphatic rings. The molecule has 1 aliphatic heterocycles. The first-order valence-corrected chi connectivity index (χ1v) is 7.73. The molecule has 0 radical (unpaired) electrons. The van der Waals surface area contributed by atoms with E-state index < -0.39 is 0 Å². The lowest BCUT2D eigenvalue weighted by Gasteiger charge is -2.35. The van der Waals surface area contributed by atoms with Crippen molar-refractivity contribution in [3.8, 4) is 0 Å². The highest BCUT2D eigenvalue weighted by molar-refractivity contribution is 7.10. The molecule has 1 fully saturated rings. The van der Waals surface area contributed by atoms with Crippen LogP contribution in [0.1, 0.15) is 11.8 Å². The van der Waals surface area contributed by atoms with Gasteiger partial charge in [-0.1, -0.05) is 18.2 Å². The first kappa shape index (κ1) is 15.5. The van der Waals surface area contributed by atoms with Gasteiger partial charge in [0.25, 0.3) is 0 Å². The quantitative estimate of drug-likeness (QED) is 0.784. The molecule has 1 aromatic rings. The highest BCUT2D eigenvalue weighted by Crippen LogP contribution is 2.25. The van der Waals surface area contributed by atoms with Crippen LogP contribution < -0.4 is 0 Å².